The third-order valence-electron chi connectivity index (χ3n) is 2.48. The van der Waals surface area contributed by atoms with Crippen LogP contribution in [0.4, 0.5) is 5.13 Å². The van der Waals surface area contributed by atoms with E-state index in [0.29, 0.717) is 0 Å². The van der Waals surface area contributed by atoms with Crippen molar-refractivity contribution in [2.45, 2.75) is 13.5 Å². The molecule has 6 heteroatoms. The number of nitrogens with zero attached hydrogens (tertiary/aromatic N) is 2. The molecule has 0 aromatic carbocycles. The van der Waals surface area contributed by atoms with E-state index in [-0.39, 0.29) is 0 Å². The largest absolute Gasteiger partial charge is 0.383 e. The summed E-state index contributed by atoms with van der Waals surface area (Å²) in [5, 5.41) is 4.22. The highest BCUT2D eigenvalue weighted by molar-refractivity contribution is 7.15. The Kier molecular flexibility index (Phi) is 7.91. The molecule has 1 aromatic heterocycles. The molecule has 0 saturated heterocycles. The molecule has 0 aliphatic carbocycles. The molecule has 0 spiro atoms. The summed E-state index contributed by atoms with van der Waals surface area (Å²) in [6.45, 7) is 7.18. The van der Waals surface area contributed by atoms with Crippen LogP contribution in [0.5, 0.6) is 0 Å². The highest BCUT2D eigenvalue weighted by Crippen LogP contribution is 2.19. The van der Waals surface area contributed by atoms with Crippen LogP contribution in [0, 0.1) is 0 Å². The minimum absolute atomic E-state index is 0.739. The van der Waals surface area contributed by atoms with Gasteiger partial charge < -0.3 is 14.8 Å². The van der Waals surface area contributed by atoms with Crippen LogP contribution in [0.15, 0.2) is 6.20 Å². The van der Waals surface area contributed by atoms with E-state index in [2.05, 4.69) is 22.1 Å². The summed E-state index contributed by atoms with van der Waals surface area (Å²) in [5.74, 6) is 0. The number of hydrogen-bond acceptors (Lipinski definition) is 6. The molecule has 1 aromatic rings. The van der Waals surface area contributed by atoms with Crippen LogP contribution in [-0.2, 0) is 16.0 Å². The van der Waals surface area contributed by atoms with Crippen LogP contribution >= 0.6 is 11.3 Å². The second-order valence-corrected chi connectivity index (χ2v) is 5.04. The zero-order valence-corrected chi connectivity index (χ0v) is 12.3. The van der Waals surface area contributed by atoms with E-state index < -0.39 is 0 Å². The Morgan fingerprint density at radius 3 is 2.50 bits per heavy atom. The average Bonchev–Trinajstić information content (AvgIpc) is 2.80. The summed E-state index contributed by atoms with van der Waals surface area (Å²) in [5.41, 5.74) is 0. The minimum Gasteiger partial charge on any atom is -0.383 e. The Morgan fingerprint density at radius 2 is 1.94 bits per heavy atom. The van der Waals surface area contributed by atoms with Crippen LogP contribution in [0.2, 0.25) is 0 Å². The van der Waals surface area contributed by atoms with Crippen molar-refractivity contribution >= 4 is 16.5 Å². The van der Waals surface area contributed by atoms with Crippen molar-refractivity contribution in [2.24, 2.45) is 0 Å². The molecule has 104 valence electrons. The second-order valence-electron chi connectivity index (χ2n) is 3.92. The molecule has 0 atom stereocenters. The number of methoxy groups -OCH3 is 2. The normalized spacial score (nSPS) is 11.1. The maximum Gasteiger partial charge on any atom is 0.182 e. The van der Waals surface area contributed by atoms with Gasteiger partial charge in [0.25, 0.3) is 0 Å². The van der Waals surface area contributed by atoms with E-state index in [0.717, 1.165) is 44.5 Å². The van der Waals surface area contributed by atoms with Crippen molar-refractivity contribution in [3.8, 4) is 0 Å². The third kappa shape index (κ3) is 5.77. The molecule has 0 unspecified atom stereocenters. The van der Waals surface area contributed by atoms with Crippen molar-refractivity contribution < 1.29 is 9.47 Å². The predicted octanol–water partition coefficient (Wildman–Crippen LogP) is 1.67. The van der Waals surface area contributed by atoms with Gasteiger partial charge in [0.2, 0.25) is 0 Å². The highest BCUT2D eigenvalue weighted by Gasteiger charge is 2.08. The fourth-order valence-electron chi connectivity index (χ4n) is 1.54. The Bertz CT molecular complexity index is 312. The first-order chi connectivity index (χ1) is 8.80. The Labute approximate surface area is 113 Å². The molecule has 0 aliphatic rings. The lowest BCUT2D eigenvalue weighted by Crippen LogP contribution is -2.29. The lowest BCUT2D eigenvalue weighted by atomic mass is 10.4. The van der Waals surface area contributed by atoms with E-state index in [1.54, 1.807) is 25.6 Å². The molecule has 0 fully saturated rings. The lowest BCUT2D eigenvalue weighted by molar-refractivity contribution is 0.111. The number of ether oxygens (including phenoxy) is 2. The third-order valence-corrected chi connectivity index (χ3v) is 3.42. The smallest absolute Gasteiger partial charge is 0.182 e. The van der Waals surface area contributed by atoms with Gasteiger partial charge in [-0.2, -0.15) is 0 Å². The number of nitrogens with one attached hydrogen (secondary N) is 1. The molecule has 1 rings (SSSR count). The highest BCUT2D eigenvalue weighted by atomic mass is 32.1. The summed E-state index contributed by atoms with van der Waals surface area (Å²) in [7, 11) is 3.45. The molecule has 5 nitrogen and oxygen atoms in total. The number of rotatable bonds is 10. The molecule has 1 heterocycles. The van der Waals surface area contributed by atoms with Crippen LogP contribution in [0.3, 0.4) is 0 Å². The SMILES string of the molecule is CCNc1ncc(CN(CCOC)CCOC)s1. The van der Waals surface area contributed by atoms with E-state index in [1.165, 1.54) is 4.88 Å². The van der Waals surface area contributed by atoms with Crippen molar-refractivity contribution in [3.63, 3.8) is 0 Å². The maximum absolute atomic E-state index is 5.13. The summed E-state index contributed by atoms with van der Waals surface area (Å²) >= 11 is 1.71. The van der Waals surface area contributed by atoms with Crippen LogP contribution < -0.4 is 5.32 Å². The second kappa shape index (κ2) is 9.27. The van der Waals surface area contributed by atoms with Crippen molar-refractivity contribution in [1.29, 1.82) is 0 Å². The average molecular weight is 273 g/mol. The Balaban J connectivity index is 2.46. The van der Waals surface area contributed by atoms with E-state index in [1.807, 2.05) is 6.20 Å². The first kappa shape index (κ1) is 15.4. The molecular weight excluding hydrogens is 250 g/mol. The van der Waals surface area contributed by atoms with E-state index in [9.17, 15) is 0 Å². The topological polar surface area (TPSA) is 46.6 Å². The van der Waals surface area contributed by atoms with Crippen LogP contribution in [0.1, 0.15) is 11.8 Å². The van der Waals surface area contributed by atoms with Gasteiger partial charge in [-0.05, 0) is 6.92 Å². The lowest BCUT2D eigenvalue weighted by Gasteiger charge is -2.20. The van der Waals surface area contributed by atoms with Gasteiger partial charge in [0.1, 0.15) is 0 Å². The molecule has 1 N–H and O–H groups in total. The van der Waals surface area contributed by atoms with Crippen LogP contribution in [-0.4, -0.2) is 57.0 Å². The van der Waals surface area contributed by atoms with Crippen molar-refractivity contribution in [2.75, 3.05) is 52.4 Å². The van der Waals surface area contributed by atoms with Gasteiger partial charge in [0, 0.05) is 51.5 Å². The molecule has 0 aliphatic heterocycles. The number of anilines is 1. The molecule has 0 bridgehead atoms. The summed E-state index contributed by atoms with van der Waals surface area (Å²) in [4.78, 5) is 7.92. The number of hydrogen-bond donors (Lipinski definition) is 1. The van der Waals surface area contributed by atoms with Gasteiger partial charge in [0.05, 0.1) is 13.2 Å². The van der Waals surface area contributed by atoms with Gasteiger partial charge in [-0.1, -0.05) is 0 Å². The van der Waals surface area contributed by atoms with Gasteiger partial charge in [-0.25, -0.2) is 4.98 Å². The zero-order chi connectivity index (χ0) is 13.2. The predicted molar refractivity (Wildman–Crippen MR) is 75.3 cm³/mol. The van der Waals surface area contributed by atoms with Gasteiger partial charge >= 0.3 is 0 Å². The Morgan fingerprint density at radius 1 is 1.28 bits per heavy atom. The molecule has 18 heavy (non-hydrogen) atoms. The van der Waals surface area contributed by atoms with E-state index in [4.69, 9.17) is 9.47 Å². The molecule has 0 amide bonds. The molecule has 0 saturated carbocycles. The van der Waals surface area contributed by atoms with Gasteiger partial charge in [0.15, 0.2) is 5.13 Å². The quantitative estimate of drug-likeness (QED) is 0.702. The fourth-order valence-corrected chi connectivity index (χ4v) is 2.47. The number of aromatic nitrogens is 1. The number of thiazole rings is 1. The summed E-state index contributed by atoms with van der Waals surface area (Å²) in [6.07, 6.45) is 1.94. The van der Waals surface area contributed by atoms with Gasteiger partial charge in [-0.15, -0.1) is 11.3 Å². The van der Waals surface area contributed by atoms with E-state index >= 15 is 0 Å². The van der Waals surface area contributed by atoms with Crippen molar-refractivity contribution in [1.82, 2.24) is 9.88 Å². The summed E-state index contributed by atoms with van der Waals surface area (Å²) < 4.78 is 10.3. The molecule has 0 radical (unpaired) electrons. The first-order valence-corrected chi connectivity index (χ1v) is 7.00. The fraction of sp³-hybridized carbons (Fsp3) is 0.750. The van der Waals surface area contributed by atoms with Crippen molar-refractivity contribution in [3.05, 3.63) is 11.1 Å². The summed E-state index contributed by atoms with van der Waals surface area (Å²) in [6, 6.07) is 0. The van der Waals surface area contributed by atoms with Gasteiger partial charge in [-0.3, -0.25) is 4.90 Å². The first-order valence-electron chi connectivity index (χ1n) is 6.19. The molecular formula is C12H23N3O2S. The Hall–Kier alpha value is -0.690. The zero-order valence-electron chi connectivity index (χ0n) is 11.4. The maximum atomic E-state index is 5.13. The minimum atomic E-state index is 0.739. The monoisotopic (exact) mass is 273 g/mol. The van der Waals surface area contributed by atoms with Crippen LogP contribution in [0.25, 0.3) is 0 Å². The standard InChI is InChI=1S/C12H23N3O2S/c1-4-13-12-14-9-11(18-12)10-15(5-7-16-2)6-8-17-3/h9H,4-8,10H2,1-3H3,(H,13,14).